The van der Waals surface area contributed by atoms with E-state index in [1.54, 1.807) is 43.8 Å². The number of hydrogen-bond donors (Lipinski definition) is 1. The molecule has 112 valence electrons. The third-order valence-electron chi connectivity index (χ3n) is 3.25. The Balaban J connectivity index is 1.75. The molecule has 0 saturated heterocycles. The Hall–Kier alpha value is -3.02. The lowest BCUT2D eigenvalue weighted by Gasteiger charge is -2.10. The number of aryl methyl sites for hydroxylation is 1. The third-order valence-corrected chi connectivity index (χ3v) is 3.25. The molecule has 3 aromatic rings. The molecule has 2 aromatic carbocycles. The first-order valence-corrected chi connectivity index (χ1v) is 6.70. The van der Waals surface area contributed by atoms with Crippen LogP contribution in [0.2, 0.25) is 0 Å². The Morgan fingerprint density at radius 3 is 2.86 bits per heavy atom. The number of hydrogen-bond acceptors (Lipinski definition) is 4. The third kappa shape index (κ3) is 2.71. The summed E-state index contributed by atoms with van der Waals surface area (Å²) >= 11 is 0. The largest absolute Gasteiger partial charge is 0.495 e. The molecule has 0 bridgehead atoms. The van der Waals surface area contributed by atoms with Gasteiger partial charge < -0.3 is 14.0 Å². The fourth-order valence-corrected chi connectivity index (χ4v) is 2.17. The van der Waals surface area contributed by atoms with Gasteiger partial charge >= 0.3 is 6.09 Å². The fraction of sp³-hybridized carbons (Fsp3) is 0.125. The van der Waals surface area contributed by atoms with Crippen molar-refractivity contribution < 1.29 is 14.3 Å². The van der Waals surface area contributed by atoms with Crippen molar-refractivity contribution in [3.63, 3.8) is 0 Å². The van der Waals surface area contributed by atoms with Gasteiger partial charge in [-0.1, -0.05) is 12.1 Å². The Labute approximate surface area is 127 Å². The summed E-state index contributed by atoms with van der Waals surface area (Å²) in [4.78, 5) is 16.2. The second-order valence-corrected chi connectivity index (χ2v) is 4.72. The van der Waals surface area contributed by atoms with Crippen LogP contribution in [0.25, 0.3) is 11.0 Å². The predicted octanol–water partition coefficient (Wildman–Crippen LogP) is 3.19. The molecule has 0 fully saturated rings. The topological polar surface area (TPSA) is 65.4 Å². The van der Waals surface area contributed by atoms with Gasteiger partial charge in [-0.15, -0.1) is 0 Å². The van der Waals surface area contributed by atoms with Crippen LogP contribution in [0.4, 0.5) is 10.5 Å². The second-order valence-electron chi connectivity index (χ2n) is 4.72. The molecule has 0 saturated carbocycles. The standard InChI is InChI=1S/C16H15N3O3/c1-19-10-17-13-9-11(7-8-14(13)19)22-16(20)18-12-5-3-4-6-15(12)21-2/h3-10H,1-2H3,(H,18,20). The monoisotopic (exact) mass is 297 g/mol. The summed E-state index contributed by atoms with van der Waals surface area (Å²) in [5, 5.41) is 2.65. The highest BCUT2D eigenvalue weighted by Gasteiger charge is 2.10. The van der Waals surface area contributed by atoms with E-state index in [4.69, 9.17) is 9.47 Å². The first-order valence-electron chi connectivity index (χ1n) is 6.70. The number of carbonyl (C=O) groups excluding carboxylic acids is 1. The van der Waals surface area contributed by atoms with E-state index < -0.39 is 6.09 Å². The predicted molar refractivity (Wildman–Crippen MR) is 83.4 cm³/mol. The highest BCUT2D eigenvalue weighted by atomic mass is 16.6. The minimum atomic E-state index is -0.584. The molecule has 0 atom stereocenters. The fourth-order valence-electron chi connectivity index (χ4n) is 2.17. The summed E-state index contributed by atoms with van der Waals surface area (Å²) in [7, 11) is 3.45. The molecule has 6 heteroatoms. The number of aromatic nitrogens is 2. The maximum absolute atomic E-state index is 12.0. The van der Waals surface area contributed by atoms with Crippen molar-refractivity contribution in [3.8, 4) is 11.5 Å². The van der Waals surface area contributed by atoms with Crippen molar-refractivity contribution in [3.05, 3.63) is 48.8 Å². The van der Waals surface area contributed by atoms with Gasteiger partial charge in [0.15, 0.2) is 0 Å². The SMILES string of the molecule is COc1ccccc1NC(=O)Oc1ccc2c(c1)ncn2C. The average molecular weight is 297 g/mol. The van der Waals surface area contributed by atoms with Crippen LogP contribution in [0, 0.1) is 0 Å². The molecule has 1 amide bonds. The Kier molecular flexibility index (Phi) is 3.65. The van der Waals surface area contributed by atoms with Crippen LogP contribution in [-0.4, -0.2) is 22.8 Å². The molecular weight excluding hydrogens is 282 g/mol. The van der Waals surface area contributed by atoms with Crippen LogP contribution in [0.15, 0.2) is 48.8 Å². The summed E-state index contributed by atoms with van der Waals surface area (Å²) in [6.07, 6.45) is 1.13. The summed E-state index contributed by atoms with van der Waals surface area (Å²) < 4.78 is 12.4. The van der Waals surface area contributed by atoms with E-state index >= 15 is 0 Å². The number of amides is 1. The second kappa shape index (κ2) is 5.77. The molecule has 6 nitrogen and oxygen atoms in total. The van der Waals surface area contributed by atoms with Crippen LogP contribution in [-0.2, 0) is 7.05 Å². The van der Waals surface area contributed by atoms with E-state index in [2.05, 4.69) is 10.3 Å². The summed E-state index contributed by atoms with van der Waals surface area (Å²) in [6, 6.07) is 12.4. The van der Waals surface area contributed by atoms with Gasteiger partial charge in [0.25, 0.3) is 0 Å². The lowest BCUT2D eigenvalue weighted by atomic mass is 10.3. The van der Waals surface area contributed by atoms with E-state index in [1.165, 1.54) is 0 Å². The zero-order valence-corrected chi connectivity index (χ0v) is 12.2. The van der Waals surface area contributed by atoms with Crippen molar-refractivity contribution in [2.24, 2.45) is 7.05 Å². The maximum atomic E-state index is 12.0. The summed E-state index contributed by atoms with van der Waals surface area (Å²) in [5.41, 5.74) is 2.29. The van der Waals surface area contributed by atoms with Crippen LogP contribution >= 0.6 is 0 Å². The molecule has 1 heterocycles. The number of benzene rings is 2. The van der Waals surface area contributed by atoms with Crippen molar-refractivity contribution >= 4 is 22.8 Å². The number of nitrogens with zero attached hydrogens (tertiary/aromatic N) is 2. The highest BCUT2D eigenvalue weighted by molar-refractivity contribution is 5.88. The van der Waals surface area contributed by atoms with Gasteiger partial charge in [-0.25, -0.2) is 9.78 Å². The van der Waals surface area contributed by atoms with Crippen LogP contribution in [0.1, 0.15) is 0 Å². The van der Waals surface area contributed by atoms with Gasteiger partial charge in [0.2, 0.25) is 0 Å². The van der Waals surface area contributed by atoms with Gasteiger partial charge in [0.05, 0.1) is 30.2 Å². The smallest absolute Gasteiger partial charge is 0.417 e. The van der Waals surface area contributed by atoms with Crippen molar-refractivity contribution in [2.75, 3.05) is 12.4 Å². The number of anilines is 1. The molecule has 0 radical (unpaired) electrons. The van der Waals surface area contributed by atoms with E-state index in [0.29, 0.717) is 17.2 Å². The van der Waals surface area contributed by atoms with E-state index in [1.807, 2.05) is 23.7 Å². The number of nitrogens with one attached hydrogen (secondary N) is 1. The zero-order valence-electron chi connectivity index (χ0n) is 12.2. The van der Waals surface area contributed by atoms with Crippen LogP contribution < -0.4 is 14.8 Å². The number of para-hydroxylation sites is 2. The number of ether oxygens (including phenoxy) is 2. The lowest BCUT2D eigenvalue weighted by Crippen LogP contribution is -2.17. The van der Waals surface area contributed by atoms with Crippen LogP contribution in [0.3, 0.4) is 0 Å². The van der Waals surface area contributed by atoms with Gasteiger partial charge in [-0.05, 0) is 24.3 Å². The van der Waals surface area contributed by atoms with E-state index in [9.17, 15) is 4.79 Å². The molecule has 0 aliphatic rings. The molecule has 0 aliphatic carbocycles. The van der Waals surface area contributed by atoms with E-state index in [0.717, 1.165) is 11.0 Å². The summed E-state index contributed by atoms with van der Waals surface area (Å²) in [6.45, 7) is 0. The molecule has 0 unspecified atom stereocenters. The molecule has 1 N–H and O–H groups in total. The van der Waals surface area contributed by atoms with Crippen molar-refractivity contribution in [1.82, 2.24) is 9.55 Å². The molecule has 22 heavy (non-hydrogen) atoms. The Morgan fingerprint density at radius 2 is 2.05 bits per heavy atom. The van der Waals surface area contributed by atoms with Crippen LogP contribution in [0.5, 0.6) is 11.5 Å². The highest BCUT2D eigenvalue weighted by Crippen LogP contribution is 2.24. The number of rotatable bonds is 3. The van der Waals surface area contributed by atoms with Gasteiger partial charge in [0, 0.05) is 13.1 Å². The lowest BCUT2D eigenvalue weighted by molar-refractivity contribution is 0.215. The number of methoxy groups -OCH3 is 1. The molecule has 0 spiro atoms. The number of imidazole rings is 1. The average Bonchev–Trinajstić information content (AvgIpc) is 2.88. The van der Waals surface area contributed by atoms with Gasteiger partial charge in [0.1, 0.15) is 11.5 Å². The number of fused-ring (bicyclic) bond motifs is 1. The molecular formula is C16H15N3O3. The molecule has 0 aliphatic heterocycles. The number of carbonyl (C=O) groups is 1. The molecule has 1 aromatic heterocycles. The normalized spacial score (nSPS) is 10.5. The minimum Gasteiger partial charge on any atom is -0.495 e. The zero-order chi connectivity index (χ0) is 15.5. The van der Waals surface area contributed by atoms with Crippen molar-refractivity contribution in [2.45, 2.75) is 0 Å². The Bertz CT molecular complexity index is 826. The van der Waals surface area contributed by atoms with Crippen molar-refractivity contribution in [1.29, 1.82) is 0 Å². The minimum absolute atomic E-state index is 0.429. The van der Waals surface area contributed by atoms with E-state index in [-0.39, 0.29) is 0 Å². The quantitative estimate of drug-likeness (QED) is 0.806. The van der Waals surface area contributed by atoms with Gasteiger partial charge in [-0.3, -0.25) is 5.32 Å². The molecule has 3 rings (SSSR count). The maximum Gasteiger partial charge on any atom is 0.417 e. The first kappa shape index (κ1) is 13.9. The first-order chi connectivity index (χ1) is 10.7. The van der Waals surface area contributed by atoms with Gasteiger partial charge in [-0.2, -0.15) is 0 Å². The summed E-state index contributed by atoms with van der Waals surface area (Å²) in [5.74, 6) is 0.998. The Morgan fingerprint density at radius 1 is 1.23 bits per heavy atom.